The lowest BCUT2D eigenvalue weighted by Gasteiger charge is -2.18. The first-order chi connectivity index (χ1) is 8.11. The van der Waals surface area contributed by atoms with E-state index in [-0.39, 0.29) is 18.1 Å². The van der Waals surface area contributed by atoms with Crippen LogP contribution in [0.5, 0.6) is 0 Å². The third-order valence-corrected chi connectivity index (χ3v) is 3.26. The summed E-state index contributed by atoms with van der Waals surface area (Å²) in [6, 6.07) is 0.265. The highest BCUT2D eigenvalue weighted by molar-refractivity contribution is 5.78. The Hall–Kier alpha value is -0.610. The van der Waals surface area contributed by atoms with Gasteiger partial charge in [-0.15, -0.1) is 0 Å². The number of carbonyl (C=O) groups is 1. The zero-order valence-corrected chi connectivity index (χ0v) is 11.1. The van der Waals surface area contributed by atoms with E-state index in [1.54, 1.807) is 0 Å². The molecule has 0 saturated carbocycles. The first-order valence-electron chi connectivity index (χ1n) is 6.81. The standard InChI is InChI=1S/C13H26N2O2/c1-3-4-5-6-11(2)14-13(17)10-15-8-7-12(16)9-15/h11-12,16H,3-10H2,1-2H3,(H,14,17)/t11?,12-/m0/s1. The van der Waals surface area contributed by atoms with Crippen LogP contribution >= 0.6 is 0 Å². The lowest BCUT2D eigenvalue weighted by molar-refractivity contribution is -0.122. The number of β-amino-alcohol motifs (C(OH)–C–C–N with tert-alkyl or cyclic N) is 1. The SMILES string of the molecule is CCCCCC(C)NC(=O)CN1CC[C@H](O)C1. The molecule has 1 aliphatic heterocycles. The fourth-order valence-corrected chi connectivity index (χ4v) is 2.25. The van der Waals surface area contributed by atoms with Crippen molar-refractivity contribution in [1.82, 2.24) is 10.2 Å². The van der Waals surface area contributed by atoms with E-state index in [0.29, 0.717) is 13.1 Å². The third-order valence-electron chi connectivity index (χ3n) is 3.26. The second-order valence-electron chi connectivity index (χ2n) is 5.14. The number of carbonyl (C=O) groups excluding carboxylic acids is 1. The molecular formula is C13H26N2O2. The van der Waals surface area contributed by atoms with Crippen LogP contribution in [0.1, 0.15) is 46.0 Å². The van der Waals surface area contributed by atoms with Crippen LogP contribution in [0.4, 0.5) is 0 Å². The maximum atomic E-state index is 11.7. The average molecular weight is 242 g/mol. The van der Waals surface area contributed by atoms with Gasteiger partial charge in [0.1, 0.15) is 0 Å². The minimum atomic E-state index is -0.246. The van der Waals surface area contributed by atoms with Crippen molar-refractivity contribution in [2.75, 3.05) is 19.6 Å². The van der Waals surface area contributed by atoms with E-state index in [4.69, 9.17) is 0 Å². The van der Waals surface area contributed by atoms with E-state index in [1.807, 2.05) is 4.90 Å². The first kappa shape index (κ1) is 14.5. The Kier molecular flexibility index (Phi) is 6.52. The molecule has 0 radical (unpaired) electrons. The molecule has 0 aromatic heterocycles. The van der Waals surface area contributed by atoms with Gasteiger partial charge in [0.05, 0.1) is 12.6 Å². The summed E-state index contributed by atoms with van der Waals surface area (Å²) in [6.45, 7) is 6.14. The van der Waals surface area contributed by atoms with E-state index < -0.39 is 0 Å². The summed E-state index contributed by atoms with van der Waals surface area (Å²) in [5, 5.41) is 12.4. The molecule has 0 bridgehead atoms. The number of hydrogen-bond acceptors (Lipinski definition) is 3. The summed E-state index contributed by atoms with van der Waals surface area (Å²) < 4.78 is 0. The van der Waals surface area contributed by atoms with Crippen molar-refractivity contribution < 1.29 is 9.90 Å². The van der Waals surface area contributed by atoms with E-state index in [0.717, 1.165) is 19.4 Å². The lowest BCUT2D eigenvalue weighted by atomic mass is 10.1. The molecule has 0 aliphatic carbocycles. The number of nitrogens with one attached hydrogen (secondary N) is 1. The van der Waals surface area contributed by atoms with Crippen molar-refractivity contribution in [3.05, 3.63) is 0 Å². The second-order valence-corrected chi connectivity index (χ2v) is 5.14. The Morgan fingerprint density at radius 1 is 1.53 bits per heavy atom. The van der Waals surface area contributed by atoms with Gasteiger partial charge in [0, 0.05) is 19.1 Å². The molecule has 1 saturated heterocycles. The summed E-state index contributed by atoms with van der Waals surface area (Å²) in [4.78, 5) is 13.7. The van der Waals surface area contributed by atoms with Gasteiger partial charge in [-0.2, -0.15) is 0 Å². The topological polar surface area (TPSA) is 52.6 Å². The maximum absolute atomic E-state index is 11.7. The van der Waals surface area contributed by atoms with E-state index in [9.17, 15) is 9.90 Å². The number of amides is 1. The predicted molar refractivity (Wildman–Crippen MR) is 68.8 cm³/mol. The van der Waals surface area contributed by atoms with Crippen LogP contribution in [-0.4, -0.2) is 47.7 Å². The van der Waals surface area contributed by atoms with Gasteiger partial charge in [0.25, 0.3) is 0 Å². The van der Waals surface area contributed by atoms with Crippen LogP contribution in [0.15, 0.2) is 0 Å². The molecule has 1 aliphatic rings. The molecule has 4 heteroatoms. The molecule has 0 aromatic rings. The van der Waals surface area contributed by atoms with Gasteiger partial charge in [-0.3, -0.25) is 9.69 Å². The van der Waals surface area contributed by atoms with Gasteiger partial charge in [-0.05, 0) is 19.8 Å². The highest BCUT2D eigenvalue weighted by Gasteiger charge is 2.22. The predicted octanol–water partition coefficient (Wildman–Crippen LogP) is 1.14. The van der Waals surface area contributed by atoms with Crippen molar-refractivity contribution >= 4 is 5.91 Å². The van der Waals surface area contributed by atoms with Crippen molar-refractivity contribution in [1.29, 1.82) is 0 Å². The minimum absolute atomic E-state index is 0.0862. The van der Waals surface area contributed by atoms with Crippen LogP contribution in [0.2, 0.25) is 0 Å². The molecule has 1 amide bonds. The fourth-order valence-electron chi connectivity index (χ4n) is 2.25. The number of hydrogen-bond donors (Lipinski definition) is 2. The van der Waals surface area contributed by atoms with Crippen molar-refractivity contribution in [3.8, 4) is 0 Å². The van der Waals surface area contributed by atoms with Crippen molar-refractivity contribution in [2.45, 2.75) is 58.1 Å². The summed E-state index contributed by atoms with van der Waals surface area (Å²) in [7, 11) is 0. The zero-order chi connectivity index (χ0) is 12.7. The van der Waals surface area contributed by atoms with Crippen molar-refractivity contribution in [3.63, 3.8) is 0 Å². The Labute approximate surface area is 104 Å². The molecular weight excluding hydrogens is 216 g/mol. The van der Waals surface area contributed by atoms with Gasteiger partial charge in [-0.25, -0.2) is 0 Å². The number of aliphatic hydroxyl groups excluding tert-OH is 1. The van der Waals surface area contributed by atoms with E-state index in [2.05, 4.69) is 19.2 Å². The van der Waals surface area contributed by atoms with Gasteiger partial charge < -0.3 is 10.4 Å². The first-order valence-corrected chi connectivity index (χ1v) is 6.81. The summed E-state index contributed by atoms with van der Waals surface area (Å²) in [5.41, 5.74) is 0. The van der Waals surface area contributed by atoms with E-state index in [1.165, 1.54) is 19.3 Å². The Morgan fingerprint density at radius 3 is 2.88 bits per heavy atom. The van der Waals surface area contributed by atoms with Crippen LogP contribution < -0.4 is 5.32 Å². The quantitative estimate of drug-likeness (QED) is 0.658. The molecule has 4 nitrogen and oxygen atoms in total. The monoisotopic (exact) mass is 242 g/mol. The molecule has 1 fully saturated rings. The smallest absolute Gasteiger partial charge is 0.234 e. The highest BCUT2D eigenvalue weighted by atomic mass is 16.3. The number of nitrogens with zero attached hydrogens (tertiary/aromatic N) is 1. The summed E-state index contributed by atoms with van der Waals surface area (Å²) >= 11 is 0. The van der Waals surface area contributed by atoms with Crippen LogP contribution in [0, 0.1) is 0 Å². The number of unbranched alkanes of at least 4 members (excludes halogenated alkanes) is 2. The Morgan fingerprint density at radius 2 is 2.29 bits per heavy atom. The van der Waals surface area contributed by atoms with Gasteiger partial charge in [-0.1, -0.05) is 26.2 Å². The van der Waals surface area contributed by atoms with Gasteiger partial charge in [0.15, 0.2) is 0 Å². The maximum Gasteiger partial charge on any atom is 0.234 e. The third kappa shape index (κ3) is 6.03. The molecule has 1 rings (SSSR count). The molecule has 0 aromatic carbocycles. The lowest BCUT2D eigenvalue weighted by Crippen LogP contribution is -2.40. The van der Waals surface area contributed by atoms with Crippen LogP contribution in [0.3, 0.4) is 0 Å². The Bertz CT molecular complexity index is 233. The summed E-state index contributed by atoms with van der Waals surface area (Å²) in [5.74, 6) is 0.0862. The van der Waals surface area contributed by atoms with Crippen LogP contribution in [-0.2, 0) is 4.79 Å². The van der Waals surface area contributed by atoms with E-state index >= 15 is 0 Å². The second kappa shape index (κ2) is 7.67. The average Bonchev–Trinajstić information content (AvgIpc) is 2.64. The fraction of sp³-hybridized carbons (Fsp3) is 0.923. The molecule has 1 heterocycles. The molecule has 0 spiro atoms. The normalized spacial score (nSPS) is 22.6. The van der Waals surface area contributed by atoms with Gasteiger partial charge >= 0.3 is 0 Å². The highest BCUT2D eigenvalue weighted by Crippen LogP contribution is 2.08. The van der Waals surface area contributed by atoms with Crippen molar-refractivity contribution in [2.24, 2.45) is 0 Å². The zero-order valence-electron chi connectivity index (χ0n) is 11.1. The number of aliphatic hydroxyl groups is 1. The van der Waals surface area contributed by atoms with Crippen LogP contribution in [0.25, 0.3) is 0 Å². The summed E-state index contributed by atoms with van der Waals surface area (Å²) in [6.07, 6.45) is 5.23. The number of likely N-dealkylation sites (tertiary alicyclic amines) is 1. The molecule has 100 valence electrons. The number of rotatable bonds is 7. The minimum Gasteiger partial charge on any atom is -0.392 e. The molecule has 1 unspecified atom stereocenters. The Balaban J connectivity index is 2.11. The largest absolute Gasteiger partial charge is 0.392 e. The molecule has 2 atom stereocenters. The molecule has 17 heavy (non-hydrogen) atoms. The van der Waals surface area contributed by atoms with Gasteiger partial charge in [0.2, 0.25) is 5.91 Å². The molecule has 2 N–H and O–H groups in total.